The van der Waals surface area contributed by atoms with Crippen molar-refractivity contribution in [2.75, 3.05) is 11.9 Å². The monoisotopic (exact) mass is 360 g/mol. The molecule has 5 nitrogen and oxygen atoms in total. The number of nitrogens with zero attached hydrogens (tertiary/aromatic N) is 2. The van der Waals surface area contributed by atoms with Crippen LogP contribution < -0.4 is 0 Å². The predicted molar refractivity (Wildman–Crippen MR) is 79.3 cm³/mol. The molecule has 20 heavy (non-hydrogen) atoms. The summed E-state index contributed by atoms with van der Waals surface area (Å²) in [6.07, 6.45) is 2.97. The van der Waals surface area contributed by atoms with Crippen molar-refractivity contribution < 1.29 is 13.2 Å². The topological polar surface area (TPSA) is 67.3 Å². The van der Waals surface area contributed by atoms with Crippen LogP contribution in [0, 0.1) is 5.41 Å². The molecule has 0 saturated heterocycles. The smallest absolute Gasteiger partial charge is 0.268 e. The fourth-order valence-electron chi connectivity index (χ4n) is 2.27. The minimum Gasteiger partial charge on any atom is -0.268 e. The largest absolute Gasteiger partial charge is 0.285 e. The van der Waals surface area contributed by atoms with E-state index >= 15 is 0 Å². The predicted octanol–water partition coefficient (Wildman–Crippen LogP) is 2.43. The summed E-state index contributed by atoms with van der Waals surface area (Å²) in [5, 5.41) is 0.525. The van der Waals surface area contributed by atoms with Gasteiger partial charge in [-0.3, -0.25) is 4.79 Å². The molecule has 0 N–H and O–H groups in total. The number of rotatable bonds is 5. The van der Waals surface area contributed by atoms with Crippen LogP contribution >= 0.6 is 15.9 Å². The summed E-state index contributed by atoms with van der Waals surface area (Å²) < 4.78 is 25.9. The third-order valence-corrected chi connectivity index (χ3v) is 6.90. The number of aromatic nitrogens is 1. The average Bonchev–Trinajstić information content (AvgIpc) is 2.66. The van der Waals surface area contributed by atoms with Gasteiger partial charge in [-0.25, -0.2) is 9.29 Å². The van der Waals surface area contributed by atoms with Crippen molar-refractivity contribution in [2.24, 2.45) is 5.41 Å². The second kappa shape index (κ2) is 5.44. The van der Waals surface area contributed by atoms with E-state index in [2.05, 4.69) is 20.9 Å². The van der Waals surface area contributed by atoms with E-state index in [1.807, 2.05) is 13.8 Å². The summed E-state index contributed by atoms with van der Waals surface area (Å²) in [6.45, 7) is 4.19. The van der Waals surface area contributed by atoms with E-state index in [9.17, 15) is 13.2 Å². The first kappa shape index (κ1) is 15.4. The number of halogens is 1. The SMILES string of the molecule is CCC(CC)(CBr)CN1C(=O)c2cccnc2S1(=O)=O. The molecule has 110 valence electrons. The Morgan fingerprint density at radius 2 is 2.00 bits per heavy atom. The van der Waals surface area contributed by atoms with Crippen molar-refractivity contribution >= 4 is 31.9 Å². The first-order chi connectivity index (χ1) is 9.41. The van der Waals surface area contributed by atoms with E-state index in [1.165, 1.54) is 12.3 Å². The highest BCUT2D eigenvalue weighted by Gasteiger charge is 2.45. The Bertz CT molecular complexity index is 618. The number of carbonyl (C=O) groups excluding carboxylic acids is 1. The maximum Gasteiger partial charge on any atom is 0.285 e. The van der Waals surface area contributed by atoms with E-state index < -0.39 is 15.9 Å². The van der Waals surface area contributed by atoms with Crippen LogP contribution in [-0.4, -0.2) is 35.5 Å². The lowest BCUT2D eigenvalue weighted by Crippen LogP contribution is -2.41. The van der Waals surface area contributed by atoms with Gasteiger partial charge in [0.15, 0.2) is 5.03 Å². The van der Waals surface area contributed by atoms with Crippen molar-refractivity contribution in [1.82, 2.24) is 9.29 Å². The maximum atomic E-state index is 12.4. The second-order valence-corrected chi connectivity index (χ2v) is 7.35. The van der Waals surface area contributed by atoms with Gasteiger partial charge in [-0.15, -0.1) is 0 Å². The van der Waals surface area contributed by atoms with Crippen molar-refractivity contribution in [1.29, 1.82) is 0 Å². The Kier molecular flexibility index (Phi) is 4.20. The fraction of sp³-hybridized carbons (Fsp3) is 0.538. The van der Waals surface area contributed by atoms with Gasteiger partial charge in [0.25, 0.3) is 15.9 Å². The molecule has 2 heterocycles. The van der Waals surface area contributed by atoms with Crippen LogP contribution in [0.15, 0.2) is 23.4 Å². The lowest BCUT2D eigenvalue weighted by Gasteiger charge is -2.33. The second-order valence-electron chi connectivity index (χ2n) is 5.01. The van der Waals surface area contributed by atoms with Gasteiger partial charge in [0, 0.05) is 18.1 Å². The molecule has 0 spiro atoms. The van der Waals surface area contributed by atoms with E-state index in [1.54, 1.807) is 6.07 Å². The van der Waals surface area contributed by atoms with Crippen LogP contribution in [0.4, 0.5) is 0 Å². The molecule has 2 rings (SSSR count). The summed E-state index contributed by atoms with van der Waals surface area (Å²) in [5.74, 6) is -0.472. The lowest BCUT2D eigenvalue weighted by molar-refractivity contribution is 0.0824. The van der Waals surface area contributed by atoms with E-state index in [0.717, 1.165) is 17.1 Å². The quantitative estimate of drug-likeness (QED) is 0.756. The zero-order valence-corrected chi connectivity index (χ0v) is 13.9. The number of pyridine rings is 1. The zero-order valence-electron chi connectivity index (χ0n) is 11.5. The maximum absolute atomic E-state index is 12.4. The number of hydrogen-bond acceptors (Lipinski definition) is 4. The van der Waals surface area contributed by atoms with Gasteiger partial charge in [0.05, 0.1) is 5.56 Å². The highest BCUT2D eigenvalue weighted by molar-refractivity contribution is 9.09. The summed E-state index contributed by atoms with van der Waals surface area (Å²) in [4.78, 5) is 16.2. The van der Waals surface area contributed by atoms with Crippen LogP contribution in [-0.2, 0) is 10.0 Å². The molecule has 0 unspecified atom stereocenters. The Hall–Kier alpha value is -0.950. The highest BCUT2D eigenvalue weighted by Crippen LogP contribution is 2.36. The number of alkyl halides is 1. The van der Waals surface area contributed by atoms with Crippen LogP contribution in [0.5, 0.6) is 0 Å². The molecular formula is C13H17BrN2O3S. The van der Waals surface area contributed by atoms with Crippen LogP contribution in [0.2, 0.25) is 0 Å². The molecule has 0 aromatic carbocycles. The molecule has 0 fully saturated rings. The molecule has 7 heteroatoms. The molecule has 1 aliphatic rings. The minimum atomic E-state index is -3.81. The van der Waals surface area contributed by atoms with Crippen molar-refractivity contribution in [2.45, 2.75) is 31.7 Å². The molecule has 1 amide bonds. The summed E-state index contributed by atoms with van der Waals surface area (Å²) >= 11 is 3.44. The van der Waals surface area contributed by atoms with Crippen molar-refractivity contribution in [3.63, 3.8) is 0 Å². The highest BCUT2D eigenvalue weighted by atomic mass is 79.9. The van der Waals surface area contributed by atoms with Gasteiger partial charge in [-0.2, -0.15) is 8.42 Å². The van der Waals surface area contributed by atoms with Gasteiger partial charge in [-0.05, 0) is 30.4 Å². The molecule has 0 atom stereocenters. The van der Waals surface area contributed by atoms with E-state index in [0.29, 0.717) is 5.33 Å². The number of sulfonamides is 1. The molecule has 0 aliphatic carbocycles. The molecule has 1 aromatic rings. The Balaban J connectivity index is 2.44. The first-order valence-corrected chi connectivity index (χ1v) is 9.06. The Labute approximate surface area is 127 Å². The van der Waals surface area contributed by atoms with Crippen LogP contribution in [0.3, 0.4) is 0 Å². The normalized spacial score (nSPS) is 17.4. The third kappa shape index (κ3) is 2.26. The molecule has 0 bridgehead atoms. The number of amides is 1. The summed E-state index contributed by atoms with van der Waals surface area (Å²) in [7, 11) is -3.81. The summed E-state index contributed by atoms with van der Waals surface area (Å²) in [6, 6.07) is 3.09. The minimum absolute atomic E-state index is 0.124. The van der Waals surface area contributed by atoms with E-state index in [-0.39, 0.29) is 22.5 Å². The Morgan fingerprint density at radius 1 is 1.35 bits per heavy atom. The van der Waals surface area contributed by atoms with Crippen molar-refractivity contribution in [3.8, 4) is 0 Å². The summed E-state index contributed by atoms with van der Waals surface area (Å²) in [5.41, 5.74) is -0.0757. The van der Waals surface area contributed by atoms with Gasteiger partial charge < -0.3 is 0 Å². The Morgan fingerprint density at radius 3 is 2.50 bits per heavy atom. The average molecular weight is 361 g/mol. The number of fused-ring (bicyclic) bond motifs is 1. The standard InChI is InChI=1S/C13H17BrN2O3S/c1-3-13(4-2,8-14)9-16-12(17)10-6-5-7-15-11(10)20(16,18)19/h5-7H,3-4,8-9H2,1-2H3. The molecular weight excluding hydrogens is 344 g/mol. The molecule has 1 aliphatic heterocycles. The molecule has 0 radical (unpaired) electrons. The van der Waals surface area contributed by atoms with Gasteiger partial charge in [0.2, 0.25) is 0 Å². The molecule has 0 saturated carbocycles. The van der Waals surface area contributed by atoms with Crippen LogP contribution in [0.1, 0.15) is 37.0 Å². The van der Waals surface area contributed by atoms with E-state index in [4.69, 9.17) is 0 Å². The fourth-order valence-corrected chi connectivity index (χ4v) is 4.84. The van der Waals surface area contributed by atoms with Crippen molar-refractivity contribution in [3.05, 3.63) is 23.9 Å². The zero-order chi connectivity index (χ0) is 15.0. The number of carbonyl (C=O) groups is 1. The van der Waals surface area contributed by atoms with Gasteiger partial charge in [-0.1, -0.05) is 29.8 Å². The first-order valence-electron chi connectivity index (χ1n) is 6.50. The van der Waals surface area contributed by atoms with Crippen LogP contribution in [0.25, 0.3) is 0 Å². The number of hydrogen-bond donors (Lipinski definition) is 0. The third-order valence-electron chi connectivity index (χ3n) is 4.03. The van der Waals surface area contributed by atoms with Gasteiger partial charge in [0.1, 0.15) is 0 Å². The molecule has 1 aromatic heterocycles. The lowest BCUT2D eigenvalue weighted by atomic mass is 9.84. The van der Waals surface area contributed by atoms with Gasteiger partial charge >= 0.3 is 0 Å².